The second-order valence-corrected chi connectivity index (χ2v) is 9.73. The predicted octanol–water partition coefficient (Wildman–Crippen LogP) is 2.99. The number of piperidine rings is 1. The van der Waals surface area contributed by atoms with E-state index in [1.807, 2.05) is 60.7 Å². The molecule has 4 heterocycles. The van der Waals surface area contributed by atoms with E-state index in [1.165, 1.54) is 5.56 Å². The number of carbonyl (C=O) groups excluding carboxylic acids is 2. The average Bonchev–Trinajstić information content (AvgIpc) is 3.22. The van der Waals surface area contributed by atoms with E-state index in [9.17, 15) is 9.59 Å². The molecule has 2 aromatic heterocycles. The van der Waals surface area contributed by atoms with Crippen LogP contribution in [0.2, 0.25) is 0 Å². The van der Waals surface area contributed by atoms with Crippen LogP contribution >= 0.6 is 0 Å². The maximum atomic E-state index is 13.7. The summed E-state index contributed by atoms with van der Waals surface area (Å²) in [6, 6.07) is 11.9. The molecule has 3 aromatic rings. The Morgan fingerprint density at radius 2 is 1.86 bits per heavy atom. The summed E-state index contributed by atoms with van der Waals surface area (Å²) in [4.78, 5) is 35.4. The normalized spacial score (nSPS) is 22.3. The minimum atomic E-state index is -0.139. The van der Waals surface area contributed by atoms with Gasteiger partial charge in [-0.25, -0.2) is 0 Å². The highest BCUT2D eigenvalue weighted by atomic mass is 16.2. The minimum Gasteiger partial charge on any atom is -0.356 e. The lowest BCUT2D eigenvalue weighted by atomic mass is 9.88. The van der Waals surface area contributed by atoms with Gasteiger partial charge in [-0.3, -0.25) is 24.2 Å². The second kappa shape index (κ2) is 10.6. The Hall–Kier alpha value is -3.26. The first-order chi connectivity index (χ1) is 17.1. The van der Waals surface area contributed by atoms with Crippen molar-refractivity contribution < 1.29 is 9.59 Å². The molecule has 8 heteroatoms. The van der Waals surface area contributed by atoms with Crippen molar-refractivity contribution in [2.75, 3.05) is 26.2 Å². The number of hydrogen-bond donors (Lipinski definition) is 1. The summed E-state index contributed by atoms with van der Waals surface area (Å²) >= 11 is 0. The van der Waals surface area contributed by atoms with Gasteiger partial charge in [-0.2, -0.15) is 5.10 Å². The van der Waals surface area contributed by atoms with Crippen molar-refractivity contribution in [2.24, 2.45) is 13.0 Å². The van der Waals surface area contributed by atoms with E-state index >= 15 is 0 Å². The van der Waals surface area contributed by atoms with Crippen molar-refractivity contribution in [2.45, 2.75) is 44.7 Å². The summed E-state index contributed by atoms with van der Waals surface area (Å²) in [6.07, 6.45) is 8.65. The van der Waals surface area contributed by atoms with Crippen molar-refractivity contribution in [3.63, 3.8) is 0 Å². The Kier molecular flexibility index (Phi) is 7.08. The number of pyridine rings is 1. The van der Waals surface area contributed by atoms with Crippen molar-refractivity contribution in [3.8, 4) is 0 Å². The van der Waals surface area contributed by atoms with Crippen LogP contribution < -0.4 is 5.32 Å². The van der Waals surface area contributed by atoms with Gasteiger partial charge in [0.2, 0.25) is 5.91 Å². The number of nitrogens with one attached hydrogen (secondary N) is 1. The monoisotopic (exact) mass is 474 g/mol. The maximum absolute atomic E-state index is 13.7. The lowest BCUT2D eigenvalue weighted by Crippen LogP contribution is -2.57. The fourth-order valence-electron chi connectivity index (χ4n) is 5.53. The molecular weight excluding hydrogens is 440 g/mol. The molecule has 2 fully saturated rings. The first-order valence-electron chi connectivity index (χ1n) is 12.7. The number of fused-ring (bicyclic) bond motifs is 2. The van der Waals surface area contributed by atoms with Gasteiger partial charge in [0, 0.05) is 57.0 Å². The summed E-state index contributed by atoms with van der Waals surface area (Å²) in [5.41, 5.74) is 2.61. The van der Waals surface area contributed by atoms with Gasteiger partial charge in [-0.05, 0) is 49.6 Å². The summed E-state index contributed by atoms with van der Waals surface area (Å²) < 4.78 is 1.77. The number of amides is 2. The van der Waals surface area contributed by atoms with Gasteiger partial charge in [0.1, 0.15) is 0 Å². The SMILES string of the molecule is Cn1nc(C(=O)N2CCC3C(=O)NCCCCCCN(Cc4ccncc4)C3C2)c2ccccc21. The number of benzene rings is 1. The molecule has 1 aromatic carbocycles. The lowest BCUT2D eigenvalue weighted by Gasteiger charge is -2.43. The molecule has 2 atom stereocenters. The second-order valence-electron chi connectivity index (χ2n) is 9.73. The zero-order valence-corrected chi connectivity index (χ0v) is 20.4. The fraction of sp³-hybridized carbons (Fsp3) is 0.481. The highest BCUT2D eigenvalue weighted by molar-refractivity contribution is 6.05. The van der Waals surface area contributed by atoms with Crippen molar-refractivity contribution in [3.05, 3.63) is 60.0 Å². The van der Waals surface area contributed by atoms with E-state index in [2.05, 4.69) is 20.3 Å². The summed E-state index contributed by atoms with van der Waals surface area (Å²) in [5.74, 6) is -0.0784. The van der Waals surface area contributed by atoms with E-state index < -0.39 is 0 Å². The molecule has 2 aliphatic rings. The number of para-hydroxylation sites is 1. The largest absolute Gasteiger partial charge is 0.356 e. The standard InChI is InChI=1S/C27H34N6O2/c1-31-23-9-5-4-8-21(23)25(30-31)27(35)33-17-12-22-24(19-33)32(18-20-10-14-28-15-11-20)16-7-3-2-6-13-29-26(22)34/h4-5,8-11,14-15,22,24H,2-3,6-7,12-13,16-19H2,1H3,(H,29,34). The molecule has 184 valence electrons. The molecule has 2 unspecified atom stereocenters. The van der Waals surface area contributed by atoms with E-state index in [-0.39, 0.29) is 23.8 Å². The molecule has 2 saturated heterocycles. The molecule has 0 aliphatic carbocycles. The zero-order valence-electron chi connectivity index (χ0n) is 20.4. The number of aryl methyl sites for hydroxylation is 1. The maximum Gasteiger partial charge on any atom is 0.275 e. The fourth-order valence-corrected chi connectivity index (χ4v) is 5.53. The topological polar surface area (TPSA) is 83.4 Å². The number of aromatic nitrogens is 3. The molecule has 1 N–H and O–H groups in total. The zero-order chi connectivity index (χ0) is 24.2. The summed E-state index contributed by atoms with van der Waals surface area (Å²) in [5, 5.41) is 8.61. The van der Waals surface area contributed by atoms with Gasteiger partial charge >= 0.3 is 0 Å². The van der Waals surface area contributed by atoms with Crippen LogP contribution in [-0.4, -0.2) is 68.6 Å². The quantitative estimate of drug-likeness (QED) is 0.631. The first kappa shape index (κ1) is 23.5. The molecular formula is C27H34N6O2. The van der Waals surface area contributed by atoms with Gasteiger partial charge in [-0.1, -0.05) is 31.0 Å². The summed E-state index contributed by atoms with van der Waals surface area (Å²) in [7, 11) is 1.87. The van der Waals surface area contributed by atoms with Gasteiger partial charge in [0.15, 0.2) is 5.69 Å². The predicted molar refractivity (Wildman–Crippen MR) is 135 cm³/mol. The molecule has 2 aliphatic heterocycles. The van der Waals surface area contributed by atoms with Gasteiger partial charge in [-0.15, -0.1) is 0 Å². The van der Waals surface area contributed by atoms with Crippen LogP contribution in [0.5, 0.6) is 0 Å². The van der Waals surface area contributed by atoms with Crippen LogP contribution in [0.4, 0.5) is 0 Å². The van der Waals surface area contributed by atoms with Crippen LogP contribution in [0.15, 0.2) is 48.8 Å². The highest BCUT2D eigenvalue weighted by Crippen LogP contribution is 2.28. The van der Waals surface area contributed by atoms with Crippen molar-refractivity contribution in [1.29, 1.82) is 0 Å². The van der Waals surface area contributed by atoms with Gasteiger partial charge < -0.3 is 10.2 Å². The van der Waals surface area contributed by atoms with Crippen molar-refractivity contribution in [1.82, 2.24) is 29.9 Å². The van der Waals surface area contributed by atoms with E-state index in [1.54, 1.807) is 4.68 Å². The Balaban J connectivity index is 1.44. The third kappa shape index (κ3) is 5.07. The number of nitrogens with zero attached hydrogens (tertiary/aromatic N) is 5. The molecule has 0 radical (unpaired) electrons. The number of carbonyl (C=O) groups is 2. The van der Waals surface area contributed by atoms with E-state index in [4.69, 9.17) is 0 Å². The van der Waals surface area contributed by atoms with Crippen LogP contribution in [0.25, 0.3) is 10.9 Å². The molecule has 8 nitrogen and oxygen atoms in total. The summed E-state index contributed by atoms with van der Waals surface area (Å²) in [6.45, 7) is 3.46. The average molecular weight is 475 g/mol. The van der Waals surface area contributed by atoms with Gasteiger partial charge in [0.05, 0.1) is 11.4 Å². The molecule has 0 bridgehead atoms. The molecule has 35 heavy (non-hydrogen) atoms. The molecule has 2 amide bonds. The number of hydrogen-bond acceptors (Lipinski definition) is 5. The number of likely N-dealkylation sites (tertiary alicyclic amines) is 1. The highest BCUT2D eigenvalue weighted by Gasteiger charge is 2.40. The molecule has 0 saturated carbocycles. The van der Waals surface area contributed by atoms with Crippen LogP contribution in [-0.2, 0) is 18.4 Å². The van der Waals surface area contributed by atoms with E-state index in [0.717, 1.165) is 56.2 Å². The first-order valence-corrected chi connectivity index (χ1v) is 12.7. The smallest absolute Gasteiger partial charge is 0.275 e. The number of rotatable bonds is 3. The lowest BCUT2D eigenvalue weighted by molar-refractivity contribution is -0.129. The van der Waals surface area contributed by atoms with Crippen LogP contribution in [0.1, 0.15) is 48.2 Å². The Morgan fingerprint density at radius 3 is 2.71 bits per heavy atom. The third-order valence-electron chi connectivity index (χ3n) is 7.44. The Labute approximate surface area is 206 Å². The Morgan fingerprint density at radius 1 is 1.06 bits per heavy atom. The van der Waals surface area contributed by atoms with Crippen molar-refractivity contribution >= 4 is 22.7 Å². The van der Waals surface area contributed by atoms with Gasteiger partial charge in [0.25, 0.3) is 5.91 Å². The molecule has 5 rings (SSSR count). The van der Waals surface area contributed by atoms with Crippen LogP contribution in [0.3, 0.4) is 0 Å². The van der Waals surface area contributed by atoms with E-state index in [0.29, 0.717) is 25.2 Å². The van der Waals surface area contributed by atoms with Crippen LogP contribution in [0, 0.1) is 5.92 Å². The third-order valence-corrected chi connectivity index (χ3v) is 7.44. The molecule has 0 spiro atoms. The Bertz CT molecular complexity index is 1180. The minimum absolute atomic E-state index is 0.0473.